The lowest BCUT2D eigenvalue weighted by Gasteiger charge is -2.12. The second kappa shape index (κ2) is 6.47. The number of benzene rings is 1. The lowest BCUT2D eigenvalue weighted by Crippen LogP contribution is -2.35. The highest BCUT2D eigenvalue weighted by Crippen LogP contribution is 2.27. The number of anilines is 1. The minimum atomic E-state index is -0.250. The summed E-state index contributed by atoms with van der Waals surface area (Å²) in [7, 11) is 1.73. The first-order valence-corrected chi connectivity index (χ1v) is 5.86. The number of amides is 1. The Morgan fingerprint density at radius 2 is 2.24 bits per heavy atom. The predicted octanol–water partition coefficient (Wildman–Crippen LogP) is 2.29. The van der Waals surface area contributed by atoms with E-state index in [4.69, 9.17) is 16.3 Å². The van der Waals surface area contributed by atoms with Crippen molar-refractivity contribution >= 4 is 23.2 Å². The van der Waals surface area contributed by atoms with Gasteiger partial charge in [0.05, 0.1) is 17.7 Å². The van der Waals surface area contributed by atoms with Gasteiger partial charge in [-0.25, -0.2) is 0 Å². The minimum Gasteiger partial charge on any atom is -0.492 e. The highest BCUT2D eigenvalue weighted by Gasteiger charge is 2.11. The molecule has 1 amide bonds. The van der Waals surface area contributed by atoms with E-state index in [1.807, 2.05) is 6.92 Å². The van der Waals surface area contributed by atoms with Crippen LogP contribution >= 0.6 is 11.6 Å². The van der Waals surface area contributed by atoms with Crippen LogP contribution in [-0.4, -0.2) is 25.6 Å². The summed E-state index contributed by atoms with van der Waals surface area (Å²) in [5.41, 5.74) is 0.658. The summed E-state index contributed by atoms with van der Waals surface area (Å²) in [5.74, 6) is 0.515. The third-order valence-electron chi connectivity index (χ3n) is 2.33. The van der Waals surface area contributed by atoms with Gasteiger partial charge in [0.1, 0.15) is 5.75 Å². The Kier molecular flexibility index (Phi) is 5.25. The van der Waals surface area contributed by atoms with Crippen molar-refractivity contribution in [2.24, 2.45) is 0 Å². The van der Waals surface area contributed by atoms with Crippen LogP contribution in [0.5, 0.6) is 5.75 Å². The molecule has 94 valence electrons. The van der Waals surface area contributed by atoms with Crippen molar-refractivity contribution in [1.29, 1.82) is 0 Å². The van der Waals surface area contributed by atoms with E-state index in [1.165, 1.54) is 0 Å². The van der Waals surface area contributed by atoms with Gasteiger partial charge >= 0.3 is 0 Å². The van der Waals surface area contributed by atoms with Gasteiger partial charge in [0.2, 0.25) is 5.91 Å². The van der Waals surface area contributed by atoms with Gasteiger partial charge in [-0.05, 0) is 39.1 Å². The quantitative estimate of drug-likeness (QED) is 0.850. The van der Waals surface area contributed by atoms with Crippen LogP contribution in [0, 0.1) is 0 Å². The molecule has 17 heavy (non-hydrogen) atoms. The van der Waals surface area contributed by atoms with Gasteiger partial charge < -0.3 is 15.4 Å². The lowest BCUT2D eigenvalue weighted by atomic mass is 10.2. The highest BCUT2D eigenvalue weighted by molar-refractivity contribution is 6.32. The SMILES string of the molecule is CCOc1ccc(NC(=O)C(C)NC)cc1Cl. The molecule has 0 bridgehead atoms. The van der Waals surface area contributed by atoms with Gasteiger partial charge in [-0.15, -0.1) is 0 Å². The topological polar surface area (TPSA) is 50.4 Å². The number of likely N-dealkylation sites (N-methyl/N-ethyl adjacent to an activating group) is 1. The van der Waals surface area contributed by atoms with Crippen LogP contribution < -0.4 is 15.4 Å². The van der Waals surface area contributed by atoms with Crippen molar-refractivity contribution in [3.8, 4) is 5.75 Å². The fourth-order valence-electron chi connectivity index (χ4n) is 1.23. The maximum Gasteiger partial charge on any atom is 0.241 e. The first-order chi connectivity index (χ1) is 8.08. The number of nitrogens with one attached hydrogen (secondary N) is 2. The number of hydrogen-bond acceptors (Lipinski definition) is 3. The van der Waals surface area contributed by atoms with Gasteiger partial charge in [-0.1, -0.05) is 11.6 Å². The van der Waals surface area contributed by atoms with Gasteiger partial charge in [-0.2, -0.15) is 0 Å². The second-order valence-corrected chi connectivity index (χ2v) is 3.99. The van der Waals surface area contributed by atoms with Crippen LogP contribution in [0.4, 0.5) is 5.69 Å². The summed E-state index contributed by atoms with van der Waals surface area (Å²) >= 11 is 6.01. The molecule has 0 heterocycles. The molecule has 2 N–H and O–H groups in total. The Bertz CT molecular complexity index is 396. The zero-order valence-corrected chi connectivity index (χ0v) is 11.0. The average Bonchev–Trinajstić information content (AvgIpc) is 2.31. The Morgan fingerprint density at radius 3 is 2.76 bits per heavy atom. The molecular weight excluding hydrogens is 240 g/mol. The van der Waals surface area contributed by atoms with Crippen molar-refractivity contribution in [3.63, 3.8) is 0 Å². The molecule has 5 heteroatoms. The summed E-state index contributed by atoms with van der Waals surface area (Å²) in [6.07, 6.45) is 0. The molecule has 0 spiro atoms. The third-order valence-corrected chi connectivity index (χ3v) is 2.62. The molecule has 1 atom stereocenters. The Hall–Kier alpha value is -1.26. The van der Waals surface area contributed by atoms with Crippen LogP contribution in [0.2, 0.25) is 5.02 Å². The Balaban J connectivity index is 2.73. The number of rotatable bonds is 5. The van der Waals surface area contributed by atoms with Crippen molar-refractivity contribution in [2.75, 3.05) is 19.0 Å². The number of halogens is 1. The zero-order chi connectivity index (χ0) is 12.8. The van der Waals surface area contributed by atoms with E-state index >= 15 is 0 Å². The van der Waals surface area contributed by atoms with Crippen molar-refractivity contribution < 1.29 is 9.53 Å². The van der Waals surface area contributed by atoms with Crippen LogP contribution in [-0.2, 0) is 4.79 Å². The molecule has 0 saturated heterocycles. The molecule has 0 aliphatic rings. The molecule has 0 radical (unpaired) electrons. The van der Waals surface area contributed by atoms with Crippen LogP contribution in [0.3, 0.4) is 0 Å². The van der Waals surface area contributed by atoms with Crippen LogP contribution in [0.15, 0.2) is 18.2 Å². The molecule has 0 aliphatic carbocycles. The zero-order valence-electron chi connectivity index (χ0n) is 10.2. The van der Waals surface area contributed by atoms with Gasteiger partial charge in [0.25, 0.3) is 0 Å². The minimum absolute atomic E-state index is 0.104. The average molecular weight is 257 g/mol. The van der Waals surface area contributed by atoms with E-state index in [1.54, 1.807) is 32.2 Å². The summed E-state index contributed by atoms with van der Waals surface area (Å²) in [6, 6.07) is 4.93. The molecule has 0 aromatic heterocycles. The first-order valence-electron chi connectivity index (χ1n) is 5.49. The Labute approximate surface area is 106 Å². The highest BCUT2D eigenvalue weighted by atomic mass is 35.5. The molecule has 1 aromatic carbocycles. The molecule has 0 saturated carbocycles. The molecule has 1 unspecified atom stereocenters. The maximum atomic E-state index is 11.6. The number of hydrogen-bond donors (Lipinski definition) is 2. The number of carbonyl (C=O) groups excluding carboxylic acids is 1. The van der Waals surface area contributed by atoms with Gasteiger partial charge in [-0.3, -0.25) is 4.79 Å². The third kappa shape index (κ3) is 3.91. The summed E-state index contributed by atoms with van der Waals surface area (Å²) in [6.45, 7) is 4.23. The van der Waals surface area contributed by atoms with E-state index in [-0.39, 0.29) is 11.9 Å². The van der Waals surface area contributed by atoms with E-state index in [2.05, 4.69) is 10.6 Å². The van der Waals surface area contributed by atoms with E-state index in [9.17, 15) is 4.79 Å². The molecule has 1 rings (SSSR count). The molecular formula is C12H17ClN2O2. The van der Waals surface area contributed by atoms with Crippen molar-refractivity contribution in [3.05, 3.63) is 23.2 Å². The van der Waals surface area contributed by atoms with E-state index in [0.717, 1.165) is 0 Å². The molecule has 0 fully saturated rings. The van der Waals surface area contributed by atoms with Gasteiger partial charge in [0.15, 0.2) is 0 Å². The molecule has 0 aliphatic heterocycles. The van der Waals surface area contributed by atoms with Crippen LogP contribution in [0.1, 0.15) is 13.8 Å². The monoisotopic (exact) mass is 256 g/mol. The fourth-order valence-corrected chi connectivity index (χ4v) is 1.47. The maximum absolute atomic E-state index is 11.6. The second-order valence-electron chi connectivity index (χ2n) is 3.58. The van der Waals surface area contributed by atoms with E-state index < -0.39 is 0 Å². The smallest absolute Gasteiger partial charge is 0.241 e. The predicted molar refractivity (Wildman–Crippen MR) is 69.8 cm³/mol. The van der Waals surface area contributed by atoms with E-state index in [0.29, 0.717) is 23.1 Å². The van der Waals surface area contributed by atoms with Gasteiger partial charge in [0, 0.05) is 5.69 Å². The lowest BCUT2D eigenvalue weighted by molar-refractivity contribution is -0.117. The fraction of sp³-hybridized carbons (Fsp3) is 0.417. The van der Waals surface area contributed by atoms with Crippen LogP contribution in [0.25, 0.3) is 0 Å². The van der Waals surface area contributed by atoms with Crippen molar-refractivity contribution in [1.82, 2.24) is 5.32 Å². The van der Waals surface area contributed by atoms with Crippen molar-refractivity contribution in [2.45, 2.75) is 19.9 Å². The largest absolute Gasteiger partial charge is 0.492 e. The standard InChI is InChI=1S/C12H17ClN2O2/c1-4-17-11-6-5-9(7-10(11)13)15-12(16)8(2)14-3/h5-8,14H,4H2,1-3H3,(H,15,16). The normalized spacial score (nSPS) is 12.0. The first kappa shape index (κ1) is 13.8. The number of ether oxygens (including phenoxy) is 1. The molecule has 4 nitrogen and oxygen atoms in total. The summed E-state index contributed by atoms with van der Waals surface area (Å²) in [4.78, 5) is 11.6. The molecule has 1 aromatic rings. The number of carbonyl (C=O) groups is 1. The Morgan fingerprint density at radius 1 is 1.53 bits per heavy atom. The summed E-state index contributed by atoms with van der Waals surface area (Å²) < 4.78 is 5.31. The summed E-state index contributed by atoms with van der Waals surface area (Å²) in [5, 5.41) is 6.11.